The highest BCUT2D eigenvalue weighted by Crippen LogP contribution is 2.12. The summed E-state index contributed by atoms with van der Waals surface area (Å²) in [6.45, 7) is 3.79. The number of nitrogens with zero attached hydrogens (tertiary/aromatic N) is 1. The third-order valence-corrected chi connectivity index (χ3v) is 3.40. The van der Waals surface area contributed by atoms with Crippen molar-refractivity contribution in [3.63, 3.8) is 0 Å². The summed E-state index contributed by atoms with van der Waals surface area (Å²) in [4.78, 5) is 26.6. The third-order valence-electron chi connectivity index (χ3n) is 3.40. The molecule has 0 aliphatic carbocycles. The Morgan fingerprint density at radius 1 is 0.875 bits per heavy atom. The van der Waals surface area contributed by atoms with Crippen LogP contribution in [0.2, 0.25) is 0 Å². The van der Waals surface area contributed by atoms with Crippen LogP contribution in [0.1, 0.15) is 20.7 Å². The van der Waals surface area contributed by atoms with E-state index >= 15 is 0 Å². The van der Waals surface area contributed by atoms with Gasteiger partial charge in [0.25, 0.3) is 11.8 Å². The smallest absolute Gasteiger partial charge is 0.254 e. The number of rotatable bonds is 11. The lowest BCUT2D eigenvalue weighted by molar-refractivity contribution is 0.0758. The molecule has 0 saturated carbocycles. The number of hydrogen-bond acceptors (Lipinski definition) is 6. The summed E-state index contributed by atoms with van der Waals surface area (Å²) in [5, 5.41) is 5.88. The maximum absolute atomic E-state index is 12.7. The van der Waals surface area contributed by atoms with Crippen LogP contribution < -0.4 is 27.8 Å². The van der Waals surface area contributed by atoms with Crippen molar-refractivity contribution in [2.75, 3.05) is 52.4 Å². The molecule has 1 aromatic carbocycles. The zero-order valence-corrected chi connectivity index (χ0v) is 14.0. The normalized spacial score (nSPS) is 10.5. The van der Waals surface area contributed by atoms with Crippen molar-refractivity contribution in [3.8, 4) is 0 Å². The first kappa shape index (κ1) is 20.0. The van der Waals surface area contributed by atoms with Crippen LogP contribution >= 0.6 is 0 Å². The molecule has 0 aliphatic heterocycles. The van der Waals surface area contributed by atoms with Crippen LogP contribution in [0.5, 0.6) is 0 Å². The maximum Gasteiger partial charge on any atom is 0.254 e. The second-order valence-corrected chi connectivity index (χ2v) is 5.21. The van der Waals surface area contributed by atoms with E-state index < -0.39 is 0 Å². The number of carbonyl (C=O) groups is 2. The average molecular weight is 336 g/mol. The summed E-state index contributed by atoms with van der Waals surface area (Å²) in [5.41, 5.74) is 17.2. The van der Waals surface area contributed by atoms with Crippen LogP contribution in [0.3, 0.4) is 0 Å². The highest BCUT2D eigenvalue weighted by molar-refractivity contribution is 6.07. The molecule has 0 unspecified atom stereocenters. The molecule has 0 spiro atoms. The van der Waals surface area contributed by atoms with Crippen molar-refractivity contribution < 1.29 is 9.59 Å². The van der Waals surface area contributed by atoms with Gasteiger partial charge in [-0.3, -0.25) is 9.59 Å². The first-order valence-corrected chi connectivity index (χ1v) is 8.13. The Morgan fingerprint density at radius 3 is 2.08 bits per heavy atom. The number of benzene rings is 1. The van der Waals surface area contributed by atoms with Gasteiger partial charge in [-0.15, -0.1) is 0 Å². The monoisotopic (exact) mass is 336 g/mol. The van der Waals surface area contributed by atoms with Gasteiger partial charge in [-0.25, -0.2) is 0 Å². The Bertz CT molecular complexity index is 517. The highest BCUT2D eigenvalue weighted by Gasteiger charge is 2.20. The molecule has 0 radical (unpaired) electrons. The van der Waals surface area contributed by atoms with Crippen molar-refractivity contribution in [2.45, 2.75) is 0 Å². The second kappa shape index (κ2) is 11.5. The molecule has 8 N–H and O–H groups in total. The Kier molecular flexibility index (Phi) is 9.62. The molecule has 0 saturated heterocycles. The van der Waals surface area contributed by atoms with E-state index in [1.807, 2.05) is 0 Å². The minimum Gasteiger partial charge on any atom is -0.351 e. The Labute approximate surface area is 142 Å². The van der Waals surface area contributed by atoms with Crippen molar-refractivity contribution in [1.29, 1.82) is 0 Å². The molecular formula is C16H28N6O2. The predicted molar refractivity (Wildman–Crippen MR) is 94.7 cm³/mol. The molecule has 8 heteroatoms. The average Bonchev–Trinajstić information content (AvgIpc) is 2.60. The standard InChI is InChI=1S/C16H28N6O2/c17-5-8-20-9-10-21-15(23)13-3-1-2-4-14(13)16(24)22(11-6-18)12-7-19/h1-4,20H,5-12,17-19H2,(H,21,23). The fourth-order valence-electron chi connectivity index (χ4n) is 2.25. The van der Waals surface area contributed by atoms with Crippen LogP contribution in [0.25, 0.3) is 0 Å². The van der Waals surface area contributed by atoms with Gasteiger partial charge < -0.3 is 32.7 Å². The van der Waals surface area contributed by atoms with Crippen molar-refractivity contribution in [3.05, 3.63) is 35.4 Å². The molecule has 0 fully saturated rings. The van der Waals surface area contributed by atoms with Crippen LogP contribution in [-0.2, 0) is 0 Å². The van der Waals surface area contributed by atoms with Gasteiger partial charge in [0.2, 0.25) is 0 Å². The summed E-state index contributed by atoms with van der Waals surface area (Å²) < 4.78 is 0. The molecule has 8 nitrogen and oxygen atoms in total. The van der Waals surface area contributed by atoms with Gasteiger partial charge in [-0.1, -0.05) is 12.1 Å². The van der Waals surface area contributed by atoms with Gasteiger partial charge in [0, 0.05) is 52.4 Å². The first-order chi connectivity index (χ1) is 11.7. The summed E-state index contributed by atoms with van der Waals surface area (Å²) >= 11 is 0. The van der Waals surface area contributed by atoms with E-state index in [0.29, 0.717) is 63.5 Å². The molecule has 0 aromatic heterocycles. The molecule has 0 bridgehead atoms. The highest BCUT2D eigenvalue weighted by atomic mass is 16.2. The Morgan fingerprint density at radius 2 is 1.50 bits per heavy atom. The van der Waals surface area contributed by atoms with Crippen molar-refractivity contribution in [2.24, 2.45) is 17.2 Å². The van der Waals surface area contributed by atoms with E-state index in [-0.39, 0.29) is 11.8 Å². The van der Waals surface area contributed by atoms with E-state index in [1.54, 1.807) is 29.2 Å². The predicted octanol–water partition coefficient (Wildman–Crippen LogP) is -1.68. The van der Waals surface area contributed by atoms with Gasteiger partial charge in [0.15, 0.2) is 0 Å². The number of amides is 2. The molecule has 24 heavy (non-hydrogen) atoms. The van der Waals surface area contributed by atoms with E-state index in [2.05, 4.69) is 10.6 Å². The molecule has 2 amide bonds. The molecule has 134 valence electrons. The third kappa shape index (κ3) is 6.25. The molecule has 1 aromatic rings. The lowest BCUT2D eigenvalue weighted by Gasteiger charge is -2.22. The minimum atomic E-state index is -0.283. The van der Waals surface area contributed by atoms with Crippen LogP contribution in [0.15, 0.2) is 24.3 Å². The number of carbonyl (C=O) groups excluding carboxylic acids is 2. The van der Waals surface area contributed by atoms with Crippen LogP contribution in [-0.4, -0.2) is 69.1 Å². The zero-order valence-electron chi connectivity index (χ0n) is 14.0. The summed E-state index contributed by atoms with van der Waals surface area (Å²) in [6, 6.07) is 6.74. The van der Waals surface area contributed by atoms with E-state index in [9.17, 15) is 9.59 Å². The summed E-state index contributed by atoms with van der Waals surface area (Å²) in [6.07, 6.45) is 0. The zero-order chi connectivity index (χ0) is 17.8. The number of nitrogens with two attached hydrogens (primary N) is 3. The van der Waals surface area contributed by atoms with Crippen molar-refractivity contribution >= 4 is 11.8 Å². The summed E-state index contributed by atoms with van der Waals surface area (Å²) in [5.74, 6) is -0.521. The van der Waals surface area contributed by atoms with Crippen LogP contribution in [0.4, 0.5) is 0 Å². The van der Waals surface area contributed by atoms with Gasteiger partial charge >= 0.3 is 0 Å². The fourth-order valence-corrected chi connectivity index (χ4v) is 2.25. The van der Waals surface area contributed by atoms with E-state index in [0.717, 1.165) is 0 Å². The minimum absolute atomic E-state index is 0.238. The number of hydrogen-bond donors (Lipinski definition) is 5. The van der Waals surface area contributed by atoms with Crippen molar-refractivity contribution in [1.82, 2.24) is 15.5 Å². The van der Waals surface area contributed by atoms with Gasteiger partial charge in [0.1, 0.15) is 0 Å². The molecule has 0 heterocycles. The van der Waals surface area contributed by atoms with E-state index in [4.69, 9.17) is 17.2 Å². The van der Waals surface area contributed by atoms with Gasteiger partial charge in [-0.05, 0) is 12.1 Å². The quantitative estimate of drug-likeness (QED) is 0.306. The van der Waals surface area contributed by atoms with Crippen LogP contribution in [0, 0.1) is 0 Å². The second-order valence-electron chi connectivity index (χ2n) is 5.21. The Balaban J connectivity index is 2.79. The fraction of sp³-hybridized carbons (Fsp3) is 0.500. The lowest BCUT2D eigenvalue weighted by Crippen LogP contribution is -2.40. The topological polar surface area (TPSA) is 140 Å². The number of nitrogens with one attached hydrogen (secondary N) is 2. The first-order valence-electron chi connectivity index (χ1n) is 8.13. The molecule has 0 aliphatic rings. The molecule has 0 atom stereocenters. The molecule has 1 rings (SSSR count). The summed E-state index contributed by atoms with van der Waals surface area (Å²) in [7, 11) is 0. The maximum atomic E-state index is 12.7. The van der Waals surface area contributed by atoms with Gasteiger partial charge in [-0.2, -0.15) is 0 Å². The Hall–Kier alpha value is -2.00. The largest absolute Gasteiger partial charge is 0.351 e. The van der Waals surface area contributed by atoms with E-state index in [1.165, 1.54) is 0 Å². The SMILES string of the molecule is NCCNCCNC(=O)c1ccccc1C(=O)N(CCN)CCN. The van der Waals surface area contributed by atoms with Gasteiger partial charge in [0.05, 0.1) is 11.1 Å². The molecular weight excluding hydrogens is 308 g/mol. The lowest BCUT2D eigenvalue weighted by atomic mass is 10.1.